The van der Waals surface area contributed by atoms with Crippen molar-refractivity contribution in [3.8, 4) is 0 Å². The summed E-state index contributed by atoms with van der Waals surface area (Å²) in [5.41, 5.74) is 6.87. The Morgan fingerprint density at radius 1 is 1.39 bits per heavy atom. The van der Waals surface area contributed by atoms with Crippen LogP contribution in [0.4, 0.5) is 0 Å². The van der Waals surface area contributed by atoms with Crippen LogP contribution in [-0.4, -0.2) is 25.0 Å². The van der Waals surface area contributed by atoms with Gasteiger partial charge in [-0.2, -0.15) is 0 Å². The van der Waals surface area contributed by atoms with Crippen molar-refractivity contribution in [2.24, 2.45) is 11.7 Å². The molecule has 0 saturated heterocycles. The monoisotopic (exact) mass is 244 g/mol. The van der Waals surface area contributed by atoms with Crippen LogP contribution in [0.5, 0.6) is 0 Å². The minimum atomic E-state index is 0.193. The Bertz CT molecular complexity index is 497. The molecule has 1 aliphatic rings. The fraction of sp³-hybridized carbons (Fsp3) is 0.467. The summed E-state index contributed by atoms with van der Waals surface area (Å²) in [6.45, 7) is 1.72. The van der Waals surface area contributed by atoms with Gasteiger partial charge in [-0.3, -0.25) is 4.90 Å². The van der Waals surface area contributed by atoms with Crippen LogP contribution in [0.25, 0.3) is 11.0 Å². The molecule has 96 valence electrons. The molecule has 1 unspecified atom stereocenters. The van der Waals surface area contributed by atoms with Crippen LogP contribution in [-0.2, 0) is 0 Å². The highest BCUT2D eigenvalue weighted by Gasteiger charge is 2.27. The summed E-state index contributed by atoms with van der Waals surface area (Å²) in [4.78, 5) is 2.33. The first-order valence-electron chi connectivity index (χ1n) is 6.66. The summed E-state index contributed by atoms with van der Waals surface area (Å²) in [5, 5.41) is 1.16. The third-order valence-corrected chi connectivity index (χ3v) is 3.77. The van der Waals surface area contributed by atoms with Crippen LogP contribution in [0.2, 0.25) is 0 Å². The first-order chi connectivity index (χ1) is 8.78. The predicted molar refractivity (Wildman–Crippen MR) is 73.4 cm³/mol. The number of rotatable bonds is 5. The van der Waals surface area contributed by atoms with Gasteiger partial charge in [-0.05, 0) is 37.9 Å². The molecule has 1 aromatic carbocycles. The summed E-state index contributed by atoms with van der Waals surface area (Å²) >= 11 is 0. The molecule has 0 bridgehead atoms. The van der Waals surface area contributed by atoms with E-state index in [2.05, 4.69) is 24.1 Å². The zero-order valence-corrected chi connectivity index (χ0v) is 10.8. The van der Waals surface area contributed by atoms with E-state index in [0.29, 0.717) is 6.54 Å². The fourth-order valence-electron chi connectivity index (χ4n) is 2.51. The molecule has 1 atom stereocenters. The number of likely N-dealkylation sites (N-methyl/N-ethyl adjacent to an activating group) is 1. The number of hydrogen-bond donors (Lipinski definition) is 1. The lowest BCUT2D eigenvalue weighted by molar-refractivity contribution is 0.215. The number of nitrogens with two attached hydrogens (primary N) is 1. The second kappa shape index (κ2) is 4.75. The molecular weight excluding hydrogens is 224 g/mol. The maximum absolute atomic E-state index is 5.92. The minimum absolute atomic E-state index is 0.193. The molecule has 0 amide bonds. The van der Waals surface area contributed by atoms with E-state index in [-0.39, 0.29) is 6.04 Å². The zero-order chi connectivity index (χ0) is 12.5. The van der Waals surface area contributed by atoms with Crippen molar-refractivity contribution in [2.45, 2.75) is 18.9 Å². The molecule has 0 aliphatic heterocycles. The number of hydrogen-bond acceptors (Lipinski definition) is 3. The largest absolute Gasteiger partial charge is 0.459 e. The molecule has 2 aromatic rings. The summed E-state index contributed by atoms with van der Waals surface area (Å²) in [6, 6.07) is 10.4. The first kappa shape index (κ1) is 11.8. The van der Waals surface area contributed by atoms with Crippen molar-refractivity contribution in [3.63, 3.8) is 0 Å². The summed E-state index contributed by atoms with van der Waals surface area (Å²) in [5.74, 6) is 1.86. The van der Waals surface area contributed by atoms with Crippen molar-refractivity contribution >= 4 is 11.0 Å². The first-order valence-corrected chi connectivity index (χ1v) is 6.66. The van der Waals surface area contributed by atoms with Crippen LogP contribution < -0.4 is 5.73 Å². The molecule has 1 fully saturated rings. The van der Waals surface area contributed by atoms with Gasteiger partial charge in [0.15, 0.2) is 0 Å². The van der Waals surface area contributed by atoms with Gasteiger partial charge in [0, 0.05) is 18.5 Å². The molecule has 1 aliphatic carbocycles. The maximum Gasteiger partial charge on any atom is 0.134 e. The van der Waals surface area contributed by atoms with Crippen LogP contribution in [0, 0.1) is 5.92 Å². The van der Waals surface area contributed by atoms with Crippen molar-refractivity contribution in [1.82, 2.24) is 4.90 Å². The van der Waals surface area contributed by atoms with Gasteiger partial charge in [-0.1, -0.05) is 18.2 Å². The Labute approximate surface area is 108 Å². The third-order valence-electron chi connectivity index (χ3n) is 3.77. The van der Waals surface area contributed by atoms with Gasteiger partial charge in [0.05, 0.1) is 6.04 Å². The second-order valence-corrected chi connectivity index (χ2v) is 5.32. The number of benzene rings is 1. The van der Waals surface area contributed by atoms with Crippen molar-refractivity contribution < 1.29 is 4.42 Å². The Hall–Kier alpha value is -1.32. The van der Waals surface area contributed by atoms with Crippen molar-refractivity contribution in [2.75, 3.05) is 20.1 Å². The second-order valence-electron chi connectivity index (χ2n) is 5.32. The van der Waals surface area contributed by atoms with E-state index in [4.69, 9.17) is 10.2 Å². The van der Waals surface area contributed by atoms with Crippen LogP contribution in [0.1, 0.15) is 24.6 Å². The van der Waals surface area contributed by atoms with Gasteiger partial charge in [-0.15, -0.1) is 0 Å². The number of fused-ring (bicyclic) bond motifs is 1. The predicted octanol–water partition coefficient (Wildman–Crippen LogP) is 2.77. The molecule has 0 radical (unpaired) electrons. The quantitative estimate of drug-likeness (QED) is 0.879. The van der Waals surface area contributed by atoms with E-state index < -0.39 is 0 Å². The Morgan fingerprint density at radius 3 is 2.83 bits per heavy atom. The van der Waals surface area contributed by atoms with E-state index in [0.717, 1.165) is 29.2 Å². The smallest absolute Gasteiger partial charge is 0.134 e. The van der Waals surface area contributed by atoms with E-state index in [1.165, 1.54) is 12.8 Å². The van der Waals surface area contributed by atoms with Gasteiger partial charge < -0.3 is 10.2 Å². The molecule has 3 nitrogen and oxygen atoms in total. The molecule has 0 spiro atoms. The molecular formula is C15H20N2O. The highest BCUT2D eigenvalue weighted by molar-refractivity contribution is 5.77. The fourth-order valence-corrected chi connectivity index (χ4v) is 2.51. The summed E-state index contributed by atoms with van der Waals surface area (Å²) < 4.78 is 5.92. The summed E-state index contributed by atoms with van der Waals surface area (Å²) in [6.07, 6.45) is 2.73. The Balaban J connectivity index is 1.84. The van der Waals surface area contributed by atoms with Crippen LogP contribution in [0.15, 0.2) is 34.7 Å². The Morgan fingerprint density at radius 2 is 2.17 bits per heavy atom. The van der Waals surface area contributed by atoms with E-state index in [1.807, 2.05) is 18.2 Å². The lowest BCUT2D eigenvalue weighted by atomic mass is 10.1. The molecule has 1 aromatic heterocycles. The molecule has 3 heteroatoms. The maximum atomic E-state index is 5.92. The van der Waals surface area contributed by atoms with Crippen LogP contribution in [0.3, 0.4) is 0 Å². The highest BCUT2D eigenvalue weighted by Crippen LogP contribution is 2.33. The topological polar surface area (TPSA) is 42.4 Å². The average Bonchev–Trinajstić information content (AvgIpc) is 3.07. The molecule has 18 heavy (non-hydrogen) atoms. The van der Waals surface area contributed by atoms with Gasteiger partial charge in [0.1, 0.15) is 11.3 Å². The highest BCUT2D eigenvalue weighted by atomic mass is 16.3. The van der Waals surface area contributed by atoms with Gasteiger partial charge >= 0.3 is 0 Å². The van der Waals surface area contributed by atoms with Gasteiger partial charge in [-0.25, -0.2) is 0 Å². The minimum Gasteiger partial charge on any atom is -0.459 e. The van der Waals surface area contributed by atoms with E-state index in [1.54, 1.807) is 0 Å². The molecule has 1 heterocycles. The van der Waals surface area contributed by atoms with E-state index in [9.17, 15) is 0 Å². The molecule has 3 rings (SSSR count). The number of furan rings is 1. The normalized spacial score (nSPS) is 17.5. The van der Waals surface area contributed by atoms with Crippen molar-refractivity contribution in [3.05, 3.63) is 36.1 Å². The summed E-state index contributed by atoms with van der Waals surface area (Å²) in [7, 11) is 2.14. The standard InChI is InChI=1S/C15H20N2O/c1-17(10-11-6-7-11)13(9-16)15-8-12-4-2-3-5-14(12)18-15/h2-5,8,11,13H,6-7,9-10,16H2,1H3. The SMILES string of the molecule is CN(CC1CC1)C(CN)c1cc2ccccc2o1. The third kappa shape index (κ3) is 2.28. The Kier molecular flexibility index (Phi) is 3.10. The lowest BCUT2D eigenvalue weighted by Crippen LogP contribution is -2.31. The number of para-hydroxylation sites is 1. The van der Waals surface area contributed by atoms with Crippen molar-refractivity contribution in [1.29, 1.82) is 0 Å². The van der Waals surface area contributed by atoms with Gasteiger partial charge in [0.25, 0.3) is 0 Å². The average molecular weight is 244 g/mol. The zero-order valence-electron chi connectivity index (χ0n) is 10.8. The lowest BCUT2D eigenvalue weighted by Gasteiger charge is -2.25. The number of nitrogens with zero attached hydrogens (tertiary/aromatic N) is 1. The van der Waals surface area contributed by atoms with Crippen LogP contribution >= 0.6 is 0 Å². The van der Waals surface area contributed by atoms with E-state index >= 15 is 0 Å². The molecule has 2 N–H and O–H groups in total. The van der Waals surface area contributed by atoms with Gasteiger partial charge in [0.2, 0.25) is 0 Å². The molecule has 1 saturated carbocycles.